The van der Waals surface area contributed by atoms with Crippen LogP contribution in [0.4, 0.5) is 0 Å². The predicted octanol–water partition coefficient (Wildman–Crippen LogP) is 0.846. The molecule has 5 nitrogen and oxygen atoms in total. The van der Waals surface area contributed by atoms with Gasteiger partial charge in [0.15, 0.2) is 9.84 Å². The minimum atomic E-state index is -3.15. The van der Waals surface area contributed by atoms with E-state index in [1.165, 1.54) is 12.5 Å². The minimum Gasteiger partial charge on any atom is -0.317 e. The third kappa shape index (κ3) is 3.31. The molecular weight excluding hydrogens is 226 g/mol. The Bertz CT molecular complexity index is 439. The first-order chi connectivity index (χ1) is 7.34. The van der Waals surface area contributed by atoms with Gasteiger partial charge in [-0.15, -0.1) is 0 Å². The van der Waals surface area contributed by atoms with Crippen molar-refractivity contribution < 1.29 is 8.42 Å². The van der Waals surface area contributed by atoms with Gasteiger partial charge < -0.3 is 5.32 Å². The average molecular weight is 245 g/mol. The Kier molecular flexibility index (Phi) is 4.09. The lowest BCUT2D eigenvalue weighted by Gasteiger charge is -2.16. The van der Waals surface area contributed by atoms with Crippen molar-refractivity contribution in [3.8, 4) is 0 Å². The van der Waals surface area contributed by atoms with Crippen LogP contribution in [0.1, 0.15) is 26.3 Å². The molecule has 0 saturated carbocycles. The Morgan fingerprint density at radius 3 is 2.56 bits per heavy atom. The molecule has 0 radical (unpaired) electrons. The van der Waals surface area contributed by atoms with Gasteiger partial charge in [-0.25, -0.2) is 8.42 Å². The average Bonchev–Trinajstić information content (AvgIpc) is 2.65. The Hall–Kier alpha value is -0.880. The molecule has 1 rings (SSSR count). The van der Waals surface area contributed by atoms with E-state index in [1.807, 2.05) is 14.0 Å². The summed E-state index contributed by atoms with van der Waals surface area (Å²) in [5, 5.41) is 7.22. The monoisotopic (exact) mass is 245 g/mol. The maximum atomic E-state index is 11.3. The first-order valence-corrected chi connectivity index (χ1v) is 7.15. The van der Waals surface area contributed by atoms with Crippen LogP contribution >= 0.6 is 0 Å². The Labute approximate surface area is 96.8 Å². The normalized spacial score (nSPS) is 16.0. The van der Waals surface area contributed by atoms with Gasteiger partial charge in [0.05, 0.1) is 12.2 Å². The molecule has 92 valence electrons. The summed E-state index contributed by atoms with van der Waals surface area (Å²) in [4.78, 5) is 0.275. The van der Waals surface area contributed by atoms with Crippen molar-refractivity contribution in [2.24, 2.45) is 0 Å². The predicted molar refractivity (Wildman–Crippen MR) is 63.2 cm³/mol. The summed E-state index contributed by atoms with van der Waals surface area (Å²) in [5.74, 6) is 0. The van der Waals surface area contributed by atoms with Crippen molar-refractivity contribution in [3.05, 3.63) is 12.4 Å². The van der Waals surface area contributed by atoms with Gasteiger partial charge in [-0.1, -0.05) is 0 Å². The standard InChI is InChI=1S/C10H19N3O2S/c1-8(11-3)5-9(2)13-7-10(6-12-13)16(4,14)15/h6-9,11H,5H2,1-4H3. The van der Waals surface area contributed by atoms with E-state index >= 15 is 0 Å². The third-order valence-electron chi connectivity index (χ3n) is 2.65. The number of nitrogens with one attached hydrogen (secondary N) is 1. The van der Waals surface area contributed by atoms with Crippen molar-refractivity contribution in [2.45, 2.75) is 37.2 Å². The first-order valence-electron chi connectivity index (χ1n) is 5.26. The lowest BCUT2D eigenvalue weighted by molar-refractivity contribution is 0.402. The molecular formula is C10H19N3O2S. The molecule has 2 unspecified atom stereocenters. The maximum absolute atomic E-state index is 11.3. The quantitative estimate of drug-likeness (QED) is 0.835. The summed E-state index contributed by atoms with van der Waals surface area (Å²) in [7, 11) is -1.24. The van der Waals surface area contributed by atoms with Crippen LogP contribution < -0.4 is 5.32 Å². The highest BCUT2D eigenvalue weighted by molar-refractivity contribution is 7.90. The molecule has 0 aliphatic carbocycles. The third-order valence-corrected chi connectivity index (χ3v) is 3.71. The highest BCUT2D eigenvalue weighted by atomic mass is 32.2. The Morgan fingerprint density at radius 1 is 1.50 bits per heavy atom. The summed E-state index contributed by atoms with van der Waals surface area (Å²) < 4.78 is 24.3. The van der Waals surface area contributed by atoms with Gasteiger partial charge in [0.2, 0.25) is 0 Å². The maximum Gasteiger partial charge on any atom is 0.178 e. The van der Waals surface area contributed by atoms with E-state index < -0.39 is 9.84 Å². The zero-order valence-electron chi connectivity index (χ0n) is 10.1. The molecule has 1 aromatic heterocycles. The fraction of sp³-hybridized carbons (Fsp3) is 0.700. The molecule has 0 bridgehead atoms. The molecule has 1 N–H and O–H groups in total. The van der Waals surface area contributed by atoms with Crippen LogP contribution in [0.15, 0.2) is 17.3 Å². The summed E-state index contributed by atoms with van der Waals surface area (Å²) >= 11 is 0. The molecule has 0 saturated heterocycles. The fourth-order valence-corrected chi connectivity index (χ4v) is 2.03. The minimum absolute atomic E-state index is 0.179. The van der Waals surface area contributed by atoms with Gasteiger partial charge >= 0.3 is 0 Å². The van der Waals surface area contributed by atoms with Crippen LogP contribution in [-0.4, -0.2) is 37.5 Å². The van der Waals surface area contributed by atoms with Crippen molar-refractivity contribution >= 4 is 9.84 Å². The second-order valence-corrected chi connectivity index (χ2v) is 6.22. The number of hydrogen-bond acceptors (Lipinski definition) is 4. The van der Waals surface area contributed by atoms with Gasteiger partial charge in [0, 0.05) is 18.5 Å². The molecule has 1 heterocycles. The van der Waals surface area contributed by atoms with E-state index in [1.54, 1.807) is 10.9 Å². The Balaban J connectivity index is 2.78. The summed E-state index contributed by atoms with van der Waals surface area (Å²) in [6.45, 7) is 4.10. The van der Waals surface area contributed by atoms with Crippen LogP contribution in [0.25, 0.3) is 0 Å². The van der Waals surface area contributed by atoms with E-state index in [4.69, 9.17) is 0 Å². The van der Waals surface area contributed by atoms with Gasteiger partial charge in [-0.05, 0) is 27.3 Å². The van der Waals surface area contributed by atoms with E-state index in [0.29, 0.717) is 6.04 Å². The molecule has 6 heteroatoms. The number of sulfone groups is 1. The highest BCUT2D eigenvalue weighted by Gasteiger charge is 2.14. The number of aromatic nitrogens is 2. The van der Waals surface area contributed by atoms with E-state index in [2.05, 4.69) is 17.3 Å². The second-order valence-electron chi connectivity index (χ2n) is 4.20. The van der Waals surface area contributed by atoms with Crippen molar-refractivity contribution in [1.82, 2.24) is 15.1 Å². The SMILES string of the molecule is CNC(C)CC(C)n1cc(S(C)(=O)=O)cn1. The number of hydrogen-bond donors (Lipinski definition) is 1. The van der Waals surface area contributed by atoms with Gasteiger partial charge in [-0.2, -0.15) is 5.10 Å². The van der Waals surface area contributed by atoms with E-state index in [0.717, 1.165) is 6.42 Å². The zero-order valence-corrected chi connectivity index (χ0v) is 11.0. The second kappa shape index (κ2) is 4.97. The van der Waals surface area contributed by atoms with E-state index in [9.17, 15) is 8.42 Å². The molecule has 0 aliphatic heterocycles. The lowest BCUT2D eigenvalue weighted by Crippen LogP contribution is -2.24. The van der Waals surface area contributed by atoms with Crippen LogP contribution in [0.5, 0.6) is 0 Å². The first kappa shape index (κ1) is 13.2. The topological polar surface area (TPSA) is 64.0 Å². The van der Waals surface area contributed by atoms with Crippen molar-refractivity contribution in [1.29, 1.82) is 0 Å². The van der Waals surface area contributed by atoms with Gasteiger partial charge in [0.25, 0.3) is 0 Å². The fourth-order valence-electron chi connectivity index (χ4n) is 1.49. The summed E-state index contributed by atoms with van der Waals surface area (Å²) in [5.41, 5.74) is 0. The van der Waals surface area contributed by atoms with Crippen molar-refractivity contribution in [3.63, 3.8) is 0 Å². The molecule has 2 atom stereocenters. The summed E-state index contributed by atoms with van der Waals surface area (Å²) in [6.07, 6.45) is 5.08. The van der Waals surface area contributed by atoms with Crippen LogP contribution in [0.2, 0.25) is 0 Å². The molecule has 1 aromatic rings. The van der Waals surface area contributed by atoms with E-state index in [-0.39, 0.29) is 10.9 Å². The Morgan fingerprint density at radius 2 is 2.12 bits per heavy atom. The molecule has 0 aromatic carbocycles. The molecule has 0 amide bonds. The molecule has 16 heavy (non-hydrogen) atoms. The van der Waals surface area contributed by atoms with Crippen LogP contribution in [0.3, 0.4) is 0 Å². The van der Waals surface area contributed by atoms with Crippen LogP contribution in [0, 0.1) is 0 Å². The lowest BCUT2D eigenvalue weighted by atomic mass is 10.1. The summed E-state index contributed by atoms with van der Waals surface area (Å²) in [6, 6.07) is 0.554. The largest absolute Gasteiger partial charge is 0.317 e. The molecule has 0 fully saturated rings. The van der Waals surface area contributed by atoms with Crippen LogP contribution in [-0.2, 0) is 9.84 Å². The number of nitrogens with zero attached hydrogens (tertiary/aromatic N) is 2. The molecule has 0 spiro atoms. The van der Waals surface area contributed by atoms with Gasteiger partial charge in [-0.3, -0.25) is 4.68 Å². The van der Waals surface area contributed by atoms with Gasteiger partial charge in [0.1, 0.15) is 4.90 Å². The number of rotatable bonds is 5. The molecule has 0 aliphatic rings. The zero-order chi connectivity index (χ0) is 12.3. The van der Waals surface area contributed by atoms with Crippen molar-refractivity contribution in [2.75, 3.05) is 13.3 Å². The smallest absolute Gasteiger partial charge is 0.178 e. The highest BCUT2D eigenvalue weighted by Crippen LogP contribution is 2.15.